The van der Waals surface area contributed by atoms with Gasteiger partial charge in [0.05, 0.1) is 6.54 Å². The first kappa shape index (κ1) is 13.9. The summed E-state index contributed by atoms with van der Waals surface area (Å²) >= 11 is 0. The Morgan fingerprint density at radius 1 is 1.55 bits per heavy atom. The number of carboxylic acid groups (broad SMARTS) is 1. The van der Waals surface area contributed by atoms with Gasteiger partial charge in [-0.1, -0.05) is 12.7 Å². The number of carboxylic acids is 1. The Bertz CT molecular complexity index is 620. The topological polar surface area (TPSA) is 99.7 Å². The Kier molecular flexibility index (Phi) is 3.88. The van der Waals surface area contributed by atoms with Crippen LogP contribution in [0.3, 0.4) is 0 Å². The van der Waals surface area contributed by atoms with Crippen LogP contribution < -0.4 is 5.56 Å². The highest BCUT2D eigenvalue weighted by Gasteiger charge is 2.24. The van der Waals surface area contributed by atoms with Gasteiger partial charge in [0, 0.05) is 18.7 Å². The second kappa shape index (κ2) is 5.60. The van der Waals surface area contributed by atoms with E-state index in [9.17, 15) is 14.4 Å². The molecule has 7 nitrogen and oxygen atoms in total. The third kappa shape index (κ3) is 2.71. The van der Waals surface area contributed by atoms with Crippen molar-refractivity contribution in [2.24, 2.45) is 0 Å². The number of amides is 1. The van der Waals surface area contributed by atoms with Crippen LogP contribution in [0, 0.1) is 0 Å². The zero-order valence-electron chi connectivity index (χ0n) is 10.7. The number of aromatic nitrogens is 1. The summed E-state index contributed by atoms with van der Waals surface area (Å²) in [4.78, 5) is 38.2. The first-order valence-electron chi connectivity index (χ1n) is 6.04. The fourth-order valence-electron chi connectivity index (χ4n) is 2.04. The lowest BCUT2D eigenvalue weighted by Gasteiger charge is -2.27. The molecule has 0 fully saturated rings. The number of hydrogen-bond acceptors (Lipinski definition) is 4. The molecule has 0 saturated heterocycles. The molecule has 0 aliphatic carbocycles. The first-order valence-corrected chi connectivity index (χ1v) is 6.04. The van der Waals surface area contributed by atoms with Crippen LogP contribution in [-0.2, 0) is 17.7 Å². The van der Waals surface area contributed by atoms with Crippen molar-refractivity contribution in [2.45, 2.75) is 13.0 Å². The number of aromatic carboxylic acids is 1. The van der Waals surface area contributed by atoms with Gasteiger partial charge in [-0.05, 0) is 11.6 Å². The molecule has 0 bridgehead atoms. The van der Waals surface area contributed by atoms with Crippen molar-refractivity contribution >= 4 is 12.1 Å². The SMILES string of the molecule is C=CCOC(=O)N1CCc2[nH]c(=O)c(C(=O)O)cc2C1. The van der Waals surface area contributed by atoms with Gasteiger partial charge in [-0.15, -0.1) is 0 Å². The van der Waals surface area contributed by atoms with Crippen molar-refractivity contribution in [3.63, 3.8) is 0 Å². The Balaban J connectivity index is 2.22. The molecule has 0 atom stereocenters. The Morgan fingerprint density at radius 2 is 2.30 bits per heavy atom. The molecule has 1 amide bonds. The lowest BCUT2D eigenvalue weighted by Crippen LogP contribution is -2.38. The number of carbonyl (C=O) groups is 2. The first-order chi connectivity index (χ1) is 9.52. The van der Waals surface area contributed by atoms with Crippen LogP contribution in [0.25, 0.3) is 0 Å². The molecule has 0 aromatic carbocycles. The number of pyridine rings is 1. The van der Waals surface area contributed by atoms with Crippen LogP contribution in [0.2, 0.25) is 0 Å². The van der Waals surface area contributed by atoms with Gasteiger partial charge < -0.3 is 19.7 Å². The number of H-pyrrole nitrogens is 1. The van der Waals surface area contributed by atoms with Crippen LogP contribution in [0.4, 0.5) is 4.79 Å². The van der Waals surface area contributed by atoms with Crippen molar-refractivity contribution in [1.82, 2.24) is 9.88 Å². The maximum atomic E-state index is 11.7. The van der Waals surface area contributed by atoms with Crippen molar-refractivity contribution in [2.75, 3.05) is 13.2 Å². The van der Waals surface area contributed by atoms with Crippen molar-refractivity contribution < 1.29 is 19.4 Å². The van der Waals surface area contributed by atoms with Crippen LogP contribution in [0.15, 0.2) is 23.5 Å². The Morgan fingerprint density at radius 3 is 2.95 bits per heavy atom. The highest BCUT2D eigenvalue weighted by Crippen LogP contribution is 2.17. The molecule has 0 unspecified atom stereocenters. The maximum Gasteiger partial charge on any atom is 0.410 e. The molecule has 20 heavy (non-hydrogen) atoms. The van der Waals surface area contributed by atoms with E-state index in [0.717, 1.165) is 0 Å². The molecule has 1 aliphatic heterocycles. The van der Waals surface area contributed by atoms with E-state index in [1.54, 1.807) is 0 Å². The lowest BCUT2D eigenvalue weighted by atomic mass is 10.0. The average Bonchev–Trinajstić information content (AvgIpc) is 2.43. The Labute approximate surface area is 114 Å². The van der Waals surface area contributed by atoms with Crippen molar-refractivity contribution in [3.05, 3.63) is 45.9 Å². The summed E-state index contributed by atoms with van der Waals surface area (Å²) in [6.07, 6.45) is 1.43. The van der Waals surface area contributed by atoms with Gasteiger partial charge in [-0.25, -0.2) is 9.59 Å². The second-order valence-electron chi connectivity index (χ2n) is 4.36. The molecule has 0 radical (unpaired) electrons. The van der Waals surface area contributed by atoms with Gasteiger partial charge in [0.15, 0.2) is 0 Å². The van der Waals surface area contributed by atoms with Crippen LogP contribution >= 0.6 is 0 Å². The molecule has 1 aromatic rings. The molecule has 0 spiro atoms. The van der Waals surface area contributed by atoms with E-state index in [2.05, 4.69) is 11.6 Å². The zero-order chi connectivity index (χ0) is 14.7. The normalized spacial score (nSPS) is 13.5. The minimum Gasteiger partial charge on any atom is -0.477 e. The minimum absolute atomic E-state index is 0.119. The second-order valence-corrected chi connectivity index (χ2v) is 4.36. The van der Waals surface area contributed by atoms with Crippen LogP contribution in [-0.4, -0.2) is 40.2 Å². The predicted molar refractivity (Wildman–Crippen MR) is 69.7 cm³/mol. The summed E-state index contributed by atoms with van der Waals surface area (Å²) in [5.74, 6) is -1.29. The molecular formula is C13H14N2O5. The summed E-state index contributed by atoms with van der Waals surface area (Å²) in [6, 6.07) is 1.31. The molecule has 0 saturated carbocycles. The van der Waals surface area contributed by atoms with E-state index in [1.807, 2.05) is 0 Å². The number of aromatic amines is 1. The molecule has 1 aliphatic rings. The number of nitrogens with zero attached hydrogens (tertiary/aromatic N) is 1. The number of ether oxygens (including phenoxy) is 1. The van der Waals surface area contributed by atoms with Gasteiger partial charge in [-0.3, -0.25) is 4.79 Å². The van der Waals surface area contributed by atoms with E-state index < -0.39 is 17.6 Å². The fourth-order valence-corrected chi connectivity index (χ4v) is 2.04. The minimum atomic E-state index is -1.29. The lowest BCUT2D eigenvalue weighted by molar-refractivity contribution is 0.0694. The average molecular weight is 278 g/mol. The largest absolute Gasteiger partial charge is 0.477 e. The molecule has 2 heterocycles. The highest BCUT2D eigenvalue weighted by molar-refractivity contribution is 5.87. The van der Waals surface area contributed by atoms with Crippen molar-refractivity contribution in [1.29, 1.82) is 0 Å². The van der Waals surface area contributed by atoms with E-state index in [-0.39, 0.29) is 18.7 Å². The van der Waals surface area contributed by atoms with Gasteiger partial charge in [0.2, 0.25) is 0 Å². The van der Waals surface area contributed by atoms with E-state index in [0.29, 0.717) is 24.2 Å². The third-order valence-corrected chi connectivity index (χ3v) is 3.02. The number of carbonyl (C=O) groups excluding carboxylic acids is 1. The van der Waals surface area contributed by atoms with E-state index in [4.69, 9.17) is 9.84 Å². The van der Waals surface area contributed by atoms with Gasteiger partial charge >= 0.3 is 12.1 Å². The number of nitrogens with one attached hydrogen (secondary N) is 1. The summed E-state index contributed by atoms with van der Waals surface area (Å²) in [7, 11) is 0. The van der Waals surface area contributed by atoms with E-state index in [1.165, 1.54) is 17.0 Å². The summed E-state index contributed by atoms with van der Waals surface area (Å²) < 4.78 is 4.93. The highest BCUT2D eigenvalue weighted by atomic mass is 16.6. The van der Waals surface area contributed by atoms with Gasteiger partial charge in [0.25, 0.3) is 5.56 Å². The number of hydrogen-bond donors (Lipinski definition) is 2. The summed E-state index contributed by atoms with van der Waals surface area (Å²) in [6.45, 7) is 4.19. The van der Waals surface area contributed by atoms with Gasteiger partial charge in [-0.2, -0.15) is 0 Å². The summed E-state index contributed by atoms with van der Waals surface area (Å²) in [5.41, 5.74) is 0.320. The van der Waals surface area contributed by atoms with Crippen LogP contribution in [0.1, 0.15) is 21.6 Å². The van der Waals surface area contributed by atoms with Crippen LogP contribution in [0.5, 0.6) is 0 Å². The fraction of sp³-hybridized carbons (Fsp3) is 0.308. The van der Waals surface area contributed by atoms with Crippen molar-refractivity contribution in [3.8, 4) is 0 Å². The quantitative estimate of drug-likeness (QED) is 0.795. The summed E-state index contributed by atoms with van der Waals surface area (Å²) in [5, 5.41) is 8.92. The number of fused-ring (bicyclic) bond motifs is 1. The molecule has 7 heteroatoms. The van der Waals surface area contributed by atoms with Gasteiger partial charge in [0.1, 0.15) is 12.2 Å². The smallest absolute Gasteiger partial charge is 0.410 e. The molecule has 2 N–H and O–H groups in total. The Hall–Kier alpha value is -2.57. The monoisotopic (exact) mass is 278 g/mol. The maximum absolute atomic E-state index is 11.7. The molecule has 106 valence electrons. The molecular weight excluding hydrogens is 264 g/mol. The zero-order valence-corrected chi connectivity index (χ0v) is 10.7. The van der Waals surface area contributed by atoms with E-state index >= 15 is 0 Å². The molecule has 2 rings (SSSR count). The molecule has 1 aromatic heterocycles. The predicted octanol–water partition coefficient (Wildman–Crippen LogP) is 0.754. The third-order valence-electron chi connectivity index (χ3n) is 3.02. The number of rotatable bonds is 3. The standard InChI is InChI=1S/C13H14N2O5/c1-2-5-20-13(19)15-4-3-10-8(7-15)6-9(12(17)18)11(16)14-10/h2,6H,1,3-5,7H2,(H,14,16)(H,17,18).